The van der Waals surface area contributed by atoms with Crippen LogP contribution in [0.4, 0.5) is 4.79 Å². The number of likely N-dealkylation sites (N-methyl/N-ethyl adjacent to an activating group) is 1. The second kappa shape index (κ2) is 9.16. The number of amides is 3. The van der Waals surface area contributed by atoms with Crippen LogP contribution in [0.5, 0.6) is 11.5 Å². The molecule has 0 radical (unpaired) electrons. The number of urea groups is 1. The van der Waals surface area contributed by atoms with Gasteiger partial charge in [-0.15, -0.1) is 0 Å². The van der Waals surface area contributed by atoms with Crippen LogP contribution in [-0.4, -0.2) is 55.1 Å². The van der Waals surface area contributed by atoms with Crippen molar-refractivity contribution in [3.8, 4) is 11.5 Å². The lowest BCUT2D eigenvalue weighted by Gasteiger charge is -2.17. The fourth-order valence-electron chi connectivity index (χ4n) is 3.77. The summed E-state index contributed by atoms with van der Waals surface area (Å²) in [6.07, 6.45) is 0.962. The molecule has 0 bridgehead atoms. The molecule has 2 aliphatic rings. The van der Waals surface area contributed by atoms with Crippen LogP contribution < -0.4 is 14.8 Å². The van der Waals surface area contributed by atoms with Gasteiger partial charge in [0.1, 0.15) is 24.7 Å². The van der Waals surface area contributed by atoms with Crippen molar-refractivity contribution < 1.29 is 19.1 Å². The molecule has 2 aliphatic heterocycles. The quantitative estimate of drug-likeness (QED) is 0.633. The lowest BCUT2D eigenvalue weighted by molar-refractivity contribution is -0.125. The number of ether oxygens (including phenoxy) is 2. The van der Waals surface area contributed by atoms with E-state index >= 15 is 0 Å². The van der Waals surface area contributed by atoms with E-state index < -0.39 is 0 Å². The number of nitrogens with zero attached hydrogens (tertiary/aromatic N) is 2. The van der Waals surface area contributed by atoms with Crippen molar-refractivity contribution in [1.82, 2.24) is 15.1 Å². The molecule has 2 heterocycles. The summed E-state index contributed by atoms with van der Waals surface area (Å²) in [5.41, 5.74) is 3.53. The minimum absolute atomic E-state index is 0.110. The van der Waals surface area contributed by atoms with Crippen molar-refractivity contribution in [2.24, 2.45) is 0 Å². The maximum atomic E-state index is 11.9. The first kappa shape index (κ1) is 21.5. The normalized spacial score (nSPS) is 16.5. The molecule has 7 nitrogen and oxygen atoms in total. The zero-order valence-corrected chi connectivity index (χ0v) is 18.4. The zero-order valence-electron chi connectivity index (χ0n) is 17.7. The number of hydrogen-bond donors (Lipinski definition) is 1. The fourth-order valence-corrected chi connectivity index (χ4v) is 4.03. The zero-order chi connectivity index (χ0) is 22.0. The molecular formula is C23H26ClN3O4. The van der Waals surface area contributed by atoms with Crippen LogP contribution in [0.15, 0.2) is 36.4 Å². The Kier molecular flexibility index (Phi) is 6.34. The van der Waals surface area contributed by atoms with Gasteiger partial charge in [-0.3, -0.25) is 9.69 Å². The summed E-state index contributed by atoms with van der Waals surface area (Å²) in [6, 6.07) is 11.9. The number of imide groups is 1. The summed E-state index contributed by atoms with van der Waals surface area (Å²) in [7, 11) is 1.60. The van der Waals surface area contributed by atoms with E-state index in [2.05, 4.69) is 24.4 Å². The number of fused-ring (bicyclic) bond motifs is 1. The Morgan fingerprint density at radius 1 is 1.23 bits per heavy atom. The highest BCUT2D eigenvalue weighted by atomic mass is 35.5. The Labute approximate surface area is 186 Å². The maximum Gasteiger partial charge on any atom is 0.327 e. The number of nitrogens with one attached hydrogen (secondary N) is 1. The van der Waals surface area contributed by atoms with E-state index in [0.29, 0.717) is 17.3 Å². The number of hydrogen-bond acceptors (Lipinski definition) is 5. The van der Waals surface area contributed by atoms with Crippen LogP contribution in [0.2, 0.25) is 5.02 Å². The number of halogens is 1. The number of carbonyl (C=O) groups excluding carboxylic acids is 2. The molecule has 4 rings (SSSR count). The largest absolute Gasteiger partial charge is 0.493 e. The molecule has 0 aromatic heterocycles. The summed E-state index contributed by atoms with van der Waals surface area (Å²) >= 11 is 6.38. The standard InChI is InChI=1S/C23H26ClN3O4/c1-15(17-4-6-20-18(12-17)7-9-30-20)25-13-16-3-5-21(19(24)11-16)31-10-8-27-22(28)14-26(2)23(27)29/h3-6,11-12,15,25H,7-10,13-14H2,1-2H3. The molecule has 1 N–H and O–H groups in total. The predicted octanol–water partition coefficient (Wildman–Crippen LogP) is 3.40. The van der Waals surface area contributed by atoms with Crippen molar-refractivity contribution >= 4 is 23.5 Å². The molecule has 3 amide bonds. The number of carbonyl (C=O) groups is 2. The Balaban J connectivity index is 1.28. The third-order valence-corrected chi connectivity index (χ3v) is 5.92. The molecule has 1 saturated heterocycles. The van der Waals surface area contributed by atoms with E-state index in [4.69, 9.17) is 21.1 Å². The third kappa shape index (κ3) is 4.78. The SMILES string of the molecule is CC(NCc1ccc(OCCN2C(=O)CN(C)C2=O)c(Cl)c1)c1ccc2c(c1)CCO2. The van der Waals surface area contributed by atoms with Gasteiger partial charge in [-0.25, -0.2) is 4.79 Å². The van der Waals surface area contributed by atoms with E-state index in [1.165, 1.54) is 20.9 Å². The van der Waals surface area contributed by atoms with Gasteiger partial charge in [0, 0.05) is 26.1 Å². The van der Waals surface area contributed by atoms with Gasteiger partial charge < -0.3 is 19.7 Å². The molecule has 2 aromatic carbocycles. The second-order valence-electron chi connectivity index (χ2n) is 7.87. The first-order valence-electron chi connectivity index (χ1n) is 10.4. The predicted molar refractivity (Wildman–Crippen MR) is 118 cm³/mol. The van der Waals surface area contributed by atoms with Crippen molar-refractivity contribution in [3.63, 3.8) is 0 Å². The minimum Gasteiger partial charge on any atom is -0.493 e. The van der Waals surface area contributed by atoms with Crippen LogP contribution in [0.25, 0.3) is 0 Å². The van der Waals surface area contributed by atoms with E-state index in [1.807, 2.05) is 24.3 Å². The van der Waals surface area contributed by atoms with Crippen molar-refractivity contribution in [2.45, 2.75) is 25.9 Å². The molecule has 1 unspecified atom stereocenters. The molecule has 164 valence electrons. The summed E-state index contributed by atoms with van der Waals surface area (Å²) in [4.78, 5) is 26.3. The first-order valence-corrected chi connectivity index (χ1v) is 10.8. The Hall–Kier alpha value is -2.77. The summed E-state index contributed by atoms with van der Waals surface area (Å²) in [6.45, 7) is 4.06. The van der Waals surface area contributed by atoms with Gasteiger partial charge in [-0.05, 0) is 41.8 Å². The highest BCUT2D eigenvalue weighted by Crippen LogP contribution is 2.29. The lowest BCUT2D eigenvalue weighted by Crippen LogP contribution is -2.35. The molecule has 0 saturated carbocycles. The van der Waals surface area contributed by atoms with Crippen LogP contribution in [-0.2, 0) is 17.8 Å². The maximum absolute atomic E-state index is 11.9. The topological polar surface area (TPSA) is 71.1 Å². The van der Waals surface area contributed by atoms with E-state index in [9.17, 15) is 9.59 Å². The summed E-state index contributed by atoms with van der Waals surface area (Å²) in [5.74, 6) is 1.31. The van der Waals surface area contributed by atoms with Crippen LogP contribution in [0.3, 0.4) is 0 Å². The molecule has 1 atom stereocenters. The monoisotopic (exact) mass is 443 g/mol. The Morgan fingerprint density at radius 3 is 2.81 bits per heavy atom. The molecule has 0 spiro atoms. The minimum atomic E-state index is -0.300. The average Bonchev–Trinajstić information content (AvgIpc) is 3.32. The molecule has 8 heteroatoms. The van der Waals surface area contributed by atoms with Crippen molar-refractivity contribution in [3.05, 3.63) is 58.1 Å². The van der Waals surface area contributed by atoms with Crippen LogP contribution in [0.1, 0.15) is 29.7 Å². The molecule has 0 aliphatic carbocycles. The molecule has 2 aromatic rings. The fraction of sp³-hybridized carbons (Fsp3) is 0.391. The Morgan fingerprint density at radius 2 is 2.06 bits per heavy atom. The van der Waals surface area contributed by atoms with E-state index in [-0.39, 0.29) is 37.7 Å². The summed E-state index contributed by atoms with van der Waals surface area (Å²) in [5, 5.41) is 4.02. The van der Waals surface area contributed by atoms with Gasteiger partial charge in [-0.1, -0.05) is 29.8 Å². The third-order valence-electron chi connectivity index (χ3n) is 5.63. The summed E-state index contributed by atoms with van der Waals surface area (Å²) < 4.78 is 11.3. The Bertz CT molecular complexity index is 997. The number of rotatable bonds is 8. The van der Waals surface area contributed by atoms with Gasteiger partial charge in [-0.2, -0.15) is 0 Å². The second-order valence-corrected chi connectivity index (χ2v) is 8.27. The van der Waals surface area contributed by atoms with Gasteiger partial charge in [0.05, 0.1) is 18.2 Å². The first-order chi connectivity index (χ1) is 14.9. The smallest absolute Gasteiger partial charge is 0.327 e. The van der Waals surface area contributed by atoms with Gasteiger partial charge in [0.2, 0.25) is 5.91 Å². The number of benzene rings is 2. The van der Waals surface area contributed by atoms with Crippen LogP contribution in [0, 0.1) is 0 Å². The van der Waals surface area contributed by atoms with Crippen LogP contribution >= 0.6 is 11.6 Å². The van der Waals surface area contributed by atoms with Gasteiger partial charge in [0.25, 0.3) is 0 Å². The average molecular weight is 444 g/mol. The van der Waals surface area contributed by atoms with Gasteiger partial charge in [0.15, 0.2) is 0 Å². The van der Waals surface area contributed by atoms with Crippen molar-refractivity contribution in [2.75, 3.05) is 33.4 Å². The van der Waals surface area contributed by atoms with E-state index in [0.717, 1.165) is 24.3 Å². The lowest BCUT2D eigenvalue weighted by atomic mass is 10.0. The highest BCUT2D eigenvalue weighted by Gasteiger charge is 2.33. The molecule has 31 heavy (non-hydrogen) atoms. The molecular weight excluding hydrogens is 418 g/mol. The van der Waals surface area contributed by atoms with E-state index in [1.54, 1.807) is 7.05 Å². The highest BCUT2D eigenvalue weighted by molar-refractivity contribution is 6.32. The van der Waals surface area contributed by atoms with Crippen molar-refractivity contribution in [1.29, 1.82) is 0 Å². The van der Waals surface area contributed by atoms with Gasteiger partial charge >= 0.3 is 6.03 Å². The molecule has 1 fully saturated rings.